The molecular weight excluding hydrogens is 174 g/mol. The Kier molecular flexibility index (Phi) is 6.64. The van der Waals surface area contributed by atoms with Crippen LogP contribution < -0.4 is 0 Å². The molecule has 0 aromatic carbocycles. The lowest BCUT2D eigenvalue weighted by Crippen LogP contribution is -2.30. The van der Waals surface area contributed by atoms with E-state index in [4.69, 9.17) is 32.5 Å². The molecule has 0 atom stereocenters. The summed E-state index contributed by atoms with van der Waals surface area (Å²) in [7, 11) is -0.488. The van der Waals surface area contributed by atoms with Crippen LogP contribution in [0.5, 0.6) is 0 Å². The Bertz CT molecular complexity index is 76.0. The molecule has 0 amide bonds. The van der Waals surface area contributed by atoms with Gasteiger partial charge in [-0.3, -0.25) is 0 Å². The first-order valence-electron chi connectivity index (χ1n) is 3.23. The molecule has 0 unspecified atom stereocenters. The van der Waals surface area contributed by atoms with Crippen molar-refractivity contribution in [1.29, 1.82) is 0 Å². The predicted octanol–water partition coefficient (Wildman–Crippen LogP) is 1.89. The summed E-state index contributed by atoms with van der Waals surface area (Å²) in [5, 5.41) is 0. The van der Waals surface area contributed by atoms with Crippen LogP contribution in [0.4, 0.5) is 0 Å². The fraction of sp³-hybridized carbons (Fsp3) is 1.00. The minimum absolute atomic E-state index is 0.488. The first-order chi connectivity index (χ1) is 4.72. The highest BCUT2D eigenvalue weighted by atomic mass is 35.5. The average Bonchev–Trinajstić information content (AvgIpc) is 1.87. The van der Waals surface area contributed by atoms with Crippen LogP contribution in [0.15, 0.2) is 0 Å². The van der Waals surface area contributed by atoms with E-state index in [1.165, 1.54) is 0 Å². The van der Waals surface area contributed by atoms with E-state index >= 15 is 0 Å². The number of halogens is 2. The monoisotopic (exact) mass is 184 g/mol. The van der Waals surface area contributed by atoms with E-state index in [-0.39, 0.29) is 0 Å². The molecule has 10 heavy (non-hydrogen) atoms. The van der Waals surface area contributed by atoms with Gasteiger partial charge in [0.05, 0.1) is 0 Å². The Morgan fingerprint density at radius 1 is 1.20 bits per heavy atom. The molecule has 60 valence electrons. The fourth-order valence-corrected chi connectivity index (χ4v) is 0.813. The SMILES string of the molecule is CCOB(OCC)C(Cl)Cl. The van der Waals surface area contributed by atoms with Gasteiger partial charge >= 0.3 is 7.12 Å². The molecule has 0 aromatic rings. The molecule has 0 bridgehead atoms. The third-order valence-electron chi connectivity index (χ3n) is 0.868. The summed E-state index contributed by atoms with van der Waals surface area (Å²) in [6.07, 6.45) is 0. The molecule has 0 N–H and O–H groups in total. The lowest BCUT2D eigenvalue weighted by Gasteiger charge is -2.11. The van der Waals surface area contributed by atoms with Gasteiger partial charge in [-0.1, -0.05) is 0 Å². The summed E-state index contributed by atoms with van der Waals surface area (Å²) in [5.41, 5.74) is 0. The zero-order chi connectivity index (χ0) is 7.98. The third kappa shape index (κ3) is 4.39. The number of hydrogen-bond donors (Lipinski definition) is 0. The van der Waals surface area contributed by atoms with E-state index in [1.54, 1.807) is 0 Å². The van der Waals surface area contributed by atoms with E-state index in [0.717, 1.165) is 0 Å². The van der Waals surface area contributed by atoms with Crippen molar-refractivity contribution >= 4 is 30.3 Å². The van der Waals surface area contributed by atoms with Gasteiger partial charge in [0.15, 0.2) is 0 Å². The van der Waals surface area contributed by atoms with Gasteiger partial charge in [-0.05, 0) is 13.8 Å². The maximum atomic E-state index is 5.52. The highest BCUT2D eigenvalue weighted by molar-refractivity contribution is 6.72. The van der Waals surface area contributed by atoms with E-state index in [9.17, 15) is 0 Å². The zero-order valence-electron chi connectivity index (χ0n) is 6.14. The molecule has 0 fully saturated rings. The van der Waals surface area contributed by atoms with Crippen LogP contribution in [0.2, 0.25) is 0 Å². The first kappa shape index (κ1) is 10.6. The maximum absolute atomic E-state index is 5.52. The average molecular weight is 185 g/mol. The summed E-state index contributed by atoms with van der Waals surface area (Å²) >= 11 is 11.0. The summed E-state index contributed by atoms with van der Waals surface area (Å²) in [6.45, 7) is 4.84. The van der Waals surface area contributed by atoms with E-state index in [0.29, 0.717) is 13.2 Å². The molecule has 0 aromatic heterocycles. The molecule has 0 rings (SSSR count). The van der Waals surface area contributed by atoms with Gasteiger partial charge in [0.1, 0.15) is 4.74 Å². The molecule has 0 heterocycles. The van der Waals surface area contributed by atoms with Gasteiger partial charge in [0.25, 0.3) is 0 Å². The van der Waals surface area contributed by atoms with Crippen LogP contribution in [0.3, 0.4) is 0 Å². The summed E-state index contributed by atoms with van der Waals surface area (Å²) in [6, 6.07) is 0. The van der Waals surface area contributed by atoms with Crippen LogP contribution in [0.1, 0.15) is 13.8 Å². The Morgan fingerprint density at radius 3 is 1.80 bits per heavy atom. The number of rotatable bonds is 5. The smallest absolute Gasteiger partial charge is 0.410 e. The van der Waals surface area contributed by atoms with Crippen molar-refractivity contribution in [1.82, 2.24) is 0 Å². The van der Waals surface area contributed by atoms with Crippen molar-refractivity contribution in [2.24, 2.45) is 0 Å². The third-order valence-corrected chi connectivity index (χ3v) is 1.28. The topological polar surface area (TPSA) is 18.5 Å². The second-order valence-corrected chi connectivity index (χ2v) is 2.78. The van der Waals surface area contributed by atoms with Crippen molar-refractivity contribution in [3.05, 3.63) is 0 Å². The lowest BCUT2D eigenvalue weighted by molar-refractivity contribution is 0.216. The molecule has 0 radical (unpaired) electrons. The molecule has 5 heteroatoms. The van der Waals surface area contributed by atoms with Crippen LogP contribution >= 0.6 is 23.2 Å². The normalized spacial score (nSPS) is 10.5. The Labute approximate surface area is 71.9 Å². The van der Waals surface area contributed by atoms with Crippen LogP contribution in [0, 0.1) is 0 Å². The lowest BCUT2D eigenvalue weighted by atomic mass is 9.94. The molecule has 0 saturated carbocycles. The van der Waals surface area contributed by atoms with Gasteiger partial charge < -0.3 is 9.31 Å². The van der Waals surface area contributed by atoms with Crippen molar-refractivity contribution in [3.63, 3.8) is 0 Å². The van der Waals surface area contributed by atoms with E-state index < -0.39 is 11.9 Å². The molecule has 0 spiro atoms. The standard InChI is InChI=1S/C5H11BCl2O2/c1-3-9-6(5(7)8)10-4-2/h5H,3-4H2,1-2H3. The van der Waals surface area contributed by atoms with Crippen molar-refractivity contribution in [2.45, 2.75) is 18.6 Å². The van der Waals surface area contributed by atoms with Gasteiger partial charge in [-0.15, -0.1) is 23.2 Å². The number of alkyl halides is 2. The van der Waals surface area contributed by atoms with Crippen molar-refractivity contribution < 1.29 is 9.31 Å². The first-order valence-corrected chi connectivity index (χ1v) is 4.11. The second kappa shape index (κ2) is 6.29. The van der Waals surface area contributed by atoms with Crippen molar-refractivity contribution in [2.75, 3.05) is 13.2 Å². The molecule has 0 saturated heterocycles. The minimum atomic E-state index is -0.611. The van der Waals surface area contributed by atoms with E-state index in [1.807, 2.05) is 13.8 Å². The van der Waals surface area contributed by atoms with Crippen molar-refractivity contribution in [3.8, 4) is 0 Å². The van der Waals surface area contributed by atoms with Gasteiger partial charge in [-0.25, -0.2) is 0 Å². The molecule has 0 aliphatic heterocycles. The summed E-state index contributed by atoms with van der Waals surface area (Å²) in [4.78, 5) is 0. The van der Waals surface area contributed by atoms with E-state index in [2.05, 4.69) is 0 Å². The summed E-state index contributed by atoms with van der Waals surface area (Å²) in [5.74, 6) is 0. The Morgan fingerprint density at radius 2 is 1.60 bits per heavy atom. The molecular formula is C5H11BCl2O2. The van der Waals surface area contributed by atoms with Crippen LogP contribution in [-0.2, 0) is 9.31 Å². The minimum Gasteiger partial charge on any atom is -0.410 e. The second-order valence-electron chi connectivity index (χ2n) is 1.61. The largest absolute Gasteiger partial charge is 0.492 e. The predicted molar refractivity (Wildman–Crippen MR) is 44.5 cm³/mol. The van der Waals surface area contributed by atoms with Gasteiger partial charge in [0.2, 0.25) is 0 Å². The quantitative estimate of drug-likeness (QED) is 0.480. The summed E-state index contributed by atoms with van der Waals surface area (Å²) < 4.78 is 9.50. The highest BCUT2D eigenvalue weighted by Gasteiger charge is 2.25. The van der Waals surface area contributed by atoms with Crippen LogP contribution in [0.25, 0.3) is 0 Å². The molecule has 2 nitrogen and oxygen atoms in total. The Balaban J connectivity index is 3.50. The molecule has 0 aliphatic carbocycles. The van der Waals surface area contributed by atoms with Gasteiger partial charge in [0, 0.05) is 13.2 Å². The fourth-order valence-electron chi connectivity index (χ4n) is 0.522. The Hall–Kier alpha value is 0.565. The van der Waals surface area contributed by atoms with Crippen LogP contribution in [-0.4, -0.2) is 25.1 Å². The maximum Gasteiger partial charge on any atom is 0.492 e. The number of hydrogen-bond acceptors (Lipinski definition) is 2. The zero-order valence-corrected chi connectivity index (χ0v) is 7.65. The molecule has 0 aliphatic rings. The highest BCUT2D eigenvalue weighted by Crippen LogP contribution is 2.08. The van der Waals surface area contributed by atoms with Gasteiger partial charge in [-0.2, -0.15) is 0 Å².